The van der Waals surface area contributed by atoms with Crippen LogP contribution in [0.2, 0.25) is 0 Å². The molecule has 6 heterocycles. The summed E-state index contributed by atoms with van der Waals surface area (Å²) < 4.78 is 21.7. The van der Waals surface area contributed by atoms with Crippen LogP contribution in [0, 0.1) is 13.8 Å². The Morgan fingerprint density at radius 2 is 0.945 bits per heavy atom. The molecule has 0 atom stereocenters. The molecule has 0 unspecified atom stereocenters. The number of aliphatic carboxylic acids is 2. The van der Waals surface area contributed by atoms with Crippen LogP contribution in [-0.4, -0.2) is 50.0 Å². The van der Waals surface area contributed by atoms with Crippen LogP contribution in [0.3, 0.4) is 0 Å². The van der Waals surface area contributed by atoms with Gasteiger partial charge in [0, 0.05) is 34.0 Å². The number of aromatic nitrogens is 2. The molecule has 0 aliphatic carbocycles. The van der Waals surface area contributed by atoms with E-state index in [1.807, 2.05) is 46.9 Å². The van der Waals surface area contributed by atoms with E-state index in [1.54, 1.807) is 22.7 Å². The Bertz CT molecular complexity index is 2400. The van der Waals surface area contributed by atoms with Crippen LogP contribution in [0.25, 0.3) is 52.2 Å². The number of nitrogens with zero attached hydrogens (tertiary/aromatic N) is 2. The molecular weight excluding hydrogens is 773 g/mol. The van der Waals surface area contributed by atoms with Gasteiger partial charge in [-0.25, -0.2) is 0 Å². The molecule has 0 radical (unpaired) electrons. The third-order valence-electron chi connectivity index (χ3n) is 9.13. The first-order chi connectivity index (χ1) is 26.3. The van der Waals surface area contributed by atoms with Gasteiger partial charge in [0.25, 0.3) is 0 Å². The van der Waals surface area contributed by atoms with E-state index in [-0.39, 0.29) is 18.3 Å². The highest BCUT2D eigenvalue weighted by Gasteiger charge is 2.17. The summed E-state index contributed by atoms with van der Waals surface area (Å²) in [6, 6.07) is 25.3. The molecule has 0 fully saturated rings. The monoisotopic (exact) mass is 816 g/mol. The van der Waals surface area contributed by atoms with Crippen molar-refractivity contribution >= 4 is 98.2 Å². The summed E-state index contributed by atoms with van der Waals surface area (Å²) >= 11 is 7.30. The fourth-order valence-electron chi connectivity index (χ4n) is 6.65. The Hall–Kier alpha value is -4.66. The number of thiophene rings is 4. The lowest BCUT2D eigenvalue weighted by Crippen LogP contribution is -1.99. The number of unbranched alkanes of at least 4 members (excludes halogenated alkanes) is 4. The molecule has 13 heteroatoms. The van der Waals surface area contributed by atoms with Crippen molar-refractivity contribution in [1.82, 2.24) is 9.13 Å². The van der Waals surface area contributed by atoms with E-state index in [0.717, 1.165) is 48.6 Å². The van der Waals surface area contributed by atoms with Gasteiger partial charge >= 0.3 is 11.9 Å². The SMILES string of the molecule is Cc1cc2c(s1)c1sc(C)cc1n2-c1ccc(OCCCCCC(=O)O)cc1.O.O=C(O)CCCCCOc1ccc(-n2c3ccsc3c3sccc32)cc1. The molecule has 4 N–H and O–H groups in total. The van der Waals surface area contributed by atoms with Gasteiger partial charge in [-0.05, 0) is 136 Å². The summed E-state index contributed by atoms with van der Waals surface area (Å²) in [6.07, 6.45) is 5.38. The molecule has 0 amide bonds. The molecule has 8 aromatic rings. The lowest BCUT2D eigenvalue weighted by molar-refractivity contribution is -0.138. The standard InChI is InChI=1S/C22H23NO3S2.C20H19NO3S2.H2O/c1-14-12-18-21(27-14)22-19(13-15(2)28-22)23(18)16-7-9-17(10-8-16)26-11-5-3-4-6-20(24)25;22-18(23)4-2-1-3-11-24-15-7-5-14(6-8-15)21-16-9-12-25-19(16)20-17(21)10-13-26-20;/h7-10,12-13H,3-6,11H2,1-2H3,(H,24,25);5-10,12-13H,1-4,11H2,(H,22,23);1H2. The second kappa shape index (κ2) is 18.3. The number of hydrogen-bond donors (Lipinski definition) is 2. The number of carbonyl (C=O) groups is 2. The minimum absolute atomic E-state index is 0. The Morgan fingerprint density at radius 3 is 1.35 bits per heavy atom. The minimum Gasteiger partial charge on any atom is -0.494 e. The average molecular weight is 817 g/mol. The van der Waals surface area contributed by atoms with E-state index in [0.29, 0.717) is 26.1 Å². The smallest absolute Gasteiger partial charge is 0.303 e. The summed E-state index contributed by atoms with van der Waals surface area (Å²) in [7, 11) is 0. The number of carboxylic acids is 2. The van der Waals surface area contributed by atoms with Crippen molar-refractivity contribution in [3.8, 4) is 22.9 Å². The van der Waals surface area contributed by atoms with Gasteiger partial charge < -0.3 is 34.3 Å². The van der Waals surface area contributed by atoms with Crippen LogP contribution in [0.15, 0.2) is 83.6 Å². The van der Waals surface area contributed by atoms with Crippen LogP contribution in [0.5, 0.6) is 11.5 Å². The lowest BCUT2D eigenvalue weighted by atomic mass is 10.2. The van der Waals surface area contributed by atoms with E-state index in [1.165, 1.54) is 50.6 Å². The maximum absolute atomic E-state index is 10.5. The number of benzene rings is 2. The first-order valence-electron chi connectivity index (χ1n) is 18.1. The fraction of sp³-hybridized carbons (Fsp3) is 0.286. The highest BCUT2D eigenvalue weighted by Crippen LogP contribution is 2.42. The van der Waals surface area contributed by atoms with Crippen molar-refractivity contribution in [2.45, 2.75) is 65.2 Å². The Morgan fingerprint density at radius 1 is 0.545 bits per heavy atom. The number of carboxylic acid groups (broad SMARTS) is 2. The highest BCUT2D eigenvalue weighted by molar-refractivity contribution is 7.27. The van der Waals surface area contributed by atoms with E-state index in [9.17, 15) is 9.59 Å². The van der Waals surface area contributed by atoms with E-state index in [4.69, 9.17) is 19.7 Å². The number of aryl methyl sites for hydroxylation is 2. The van der Waals surface area contributed by atoms with Gasteiger partial charge in [-0.1, -0.05) is 0 Å². The van der Waals surface area contributed by atoms with Crippen molar-refractivity contribution in [3.05, 3.63) is 93.3 Å². The number of ether oxygens (including phenoxy) is 2. The number of rotatable bonds is 16. The van der Waals surface area contributed by atoms with Gasteiger partial charge in [-0.3, -0.25) is 9.59 Å². The Labute approximate surface area is 334 Å². The summed E-state index contributed by atoms with van der Waals surface area (Å²) in [6.45, 7) is 5.56. The third-order valence-corrected chi connectivity index (χ3v) is 13.3. The maximum atomic E-state index is 10.5. The van der Waals surface area contributed by atoms with Gasteiger partial charge in [0.2, 0.25) is 0 Å². The number of hydrogen-bond acceptors (Lipinski definition) is 8. The molecule has 2 aromatic carbocycles. The zero-order chi connectivity index (χ0) is 37.6. The molecule has 0 spiro atoms. The normalized spacial score (nSPS) is 11.2. The quantitative estimate of drug-likeness (QED) is 0.0933. The zero-order valence-electron chi connectivity index (χ0n) is 30.7. The highest BCUT2D eigenvalue weighted by atomic mass is 32.1. The van der Waals surface area contributed by atoms with Crippen molar-refractivity contribution < 1.29 is 34.8 Å². The molecular formula is C42H44N2O7S4. The average Bonchev–Trinajstić information content (AvgIpc) is 4.00. The van der Waals surface area contributed by atoms with Crippen molar-refractivity contribution in [1.29, 1.82) is 0 Å². The molecule has 0 bridgehead atoms. The summed E-state index contributed by atoms with van der Waals surface area (Å²) in [5, 5.41) is 21.6. The van der Waals surface area contributed by atoms with Gasteiger partial charge in [0.05, 0.1) is 54.1 Å². The van der Waals surface area contributed by atoms with E-state index >= 15 is 0 Å². The molecule has 6 aromatic heterocycles. The largest absolute Gasteiger partial charge is 0.494 e. The molecule has 0 saturated heterocycles. The van der Waals surface area contributed by atoms with E-state index < -0.39 is 11.9 Å². The second-order valence-corrected chi connectivity index (χ2v) is 17.5. The van der Waals surface area contributed by atoms with Crippen molar-refractivity contribution in [3.63, 3.8) is 0 Å². The molecule has 0 aliphatic rings. The fourth-order valence-corrected chi connectivity index (χ4v) is 10.7. The van der Waals surface area contributed by atoms with Crippen LogP contribution < -0.4 is 9.47 Å². The zero-order valence-corrected chi connectivity index (χ0v) is 34.0. The molecule has 288 valence electrons. The van der Waals surface area contributed by atoms with Gasteiger partial charge in [0.15, 0.2) is 0 Å². The van der Waals surface area contributed by atoms with Crippen molar-refractivity contribution in [2.75, 3.05) is 13.2 Å². The molecule has 0 aliphatic heterocycles. The molecule has 55 heavy (non-hydrogen) atoms. The van der Waals surface area contributed by atoms with Crippen LogP contribution >= 0.6 is 45.3 Å². The molecule has 8 rings (SSSR count). The predicted octanol–water partition coefficient (Wildman–Crippen LogP) is 11.7. The van der Waals surface area contributed by atoms with Crippen molar-refractivity contribution in [2.24, 2.45) is 0 Å². The van der Waals surface area contributed by atoms with Gasteiger partial charge in [-0.2, -0.15) is 0 Å². The topological polar surface area (TPSA) is 134 Å². The summed E-state index contributed by atoms with van der Waals surface area (Å²) in [5.41, 5.74) is 7.33. The summed E-state index contributed by atoms with van der Waals surface area (Å²) in [4.78, 5) is 23.7. The molecule has 9 nitrogen and oxygen atoms in total. The first-order valence-corrected chi connectivity index (χ1v) is 21.5. The molecule has 0 saturated carbocycles. The van der Waals surface area contributed by atoms with Crippen LogP contribution in [0.1, 0.15) is 61.1 Å². The second-order valence-electron chi connectivity index (χ2n) is 13.2. The van der Waals surface area contributed by atoms with E-state index in [2.05, 4.69) is 82.3 Å². The van der Waals surface area contributed by atoms with Crippen LogP contribution in [0.4, 0.5) is 0 Å². The first kappa shape index (κ1) is 40.0. The van der Waals surface area contributed by atoms with Gasteiger partial charge in [-0.15, -0.1) is 45.3 Å². The summed E-state index contributed by atoms with van der Waals surface area (Å²) in [5.74, 6) is 0.240. The minimum atomic E-state index is -0.731. The predicted molar refractivity (Wildman–Crippen MR) is 229 cm³/mol. The Kier molecular flexibility index (Phi) is 13.3. The maximum Gasteiger partial charge on any atom is 0.303 e. The third kappa shape index (κ3) is 9.25. The lowest BCUT2D eigenvalue weighted by Gasteiger charge is -2.09. The van der Waals surface area contributed by atoms with Crippen LogP contribution in [-0.2, 0) is 9.59 Å². The number of fused-ring (bicyclic) bond motifs is 6. The van der Waals surface area contributed by atoms with Gasteiger partial charge in [0.1, 0.15) is 11.5 Å². The Balaban J connectivity index is 0.000000184.